The first-order valence-corrected chi connectivity index (χ1v) is 11.6. The summed E-state index contributed by atoms with van der Waals surface area (Å²) in [5, 5.41) is 8.75. The zero-order valence-corrected chi connectivity index (χ0v) is 19.6. The zero-order chi connectivity index (χ0) is 23.5. The van der Waals surface area contributed by atoms with E-state index in [1.807, 2.05) is 38.6 Å². The van der Waals surface area contributed by atoms with Gasteiger partial charge in [-0.3, -0.25) is 9.78 Å². The average molecular weight is 456 g/mol. The third kappa shape index (κ3) is 4.83. The van der Waals surface area contributed by atoms with Gasteiger partial charge in [0.1, 0.15) is 11.6 Å². The lowest BCUT2D eigenvalue weighted by Crippen LogP contribution is -2.28. The van der Waals surface area contributed by atoms with Crippen LogP contribution in [-0.4, -0.2) is 63.9 Å². The Kier molecular flexibility index (Phi) is 6.33. The van der Waals surface area contributed by atoms with Crippen LogP contribution >= 0.6 is 0 Å². The monoisotopic (exact) mass is 455 g/mol. The maximum Gasteiger partial charge on any atom is 0.169 e. The van der Waals surface area contributed by atoms with Crippen LogP contribution in [0.1, 0.15) is 21.9 Å². The highest BCUT2D eigenvalue weighted by Gasteiger charge is 2.15. The molecule has 8 heteroatoms. The summed E-state index contributed by atoms with van der Waals surface area (Å²) < 4.78 is 2.27. The van der Waals surface area contributed by atoms with Gasteiger partial charge < -0.3 is 20.1 Å². The number of carbonyl (C=O) groups excluding carboxylic acids is 1. The standard InChI is InChI=1S/C26H29N7O/c1-32(2)9-8-29-25-13-19(5-6-28-25)24(34)14-22-12-21-11-18(3-4-20(21)15-30-22)23-16-31-26-17-27-7-10-33(23)26/h3-6,11-13,15-16,27H,7-10,14,17H2,1-2H3,(H,28,29). The van der Waals surface area contributed by atoms with Crippen molar-refractivity contribution in [2.24, 2.45) is 0 Å². The Morgan fingerprint density at radius 2 is 2.00 bits per heavy atom. The number of ketones is 1. The SMILES string of the molecule is CN(C)CCNc1cc(C(=O)Cc2cc3cc(-c4cnc5n4CCNC5)ccc3cn2)ccn1. The molecule has 4 aromatic rings. The summed E-state index contributed by atoms with van der Waals surface area (Å²) in [5.74, 6) is 1.80. The molecule has 0 aliphatic carbocycles. The number of benzene rings is 1. The lowest BCUT2D eigenvalue weighted by Gasteiger charge is -2.17. The molecular formula is C26H29N7O. The van der Waals surface area contributed by atoms with Gasteiger partial charge in [0.15, 0.2) is 5.78 Å². The lowest BCUT2D eigenvalue weighted by molar-refractivity contribution is 0.0992. The molecule has 1 aliphatic heterocycles. The molecular weight excluding hydrogens is 426 g/mol. The molecule has 0 amide bonds. The highest BCUT2D eigenvalue weighted by molar-refractivity contribution is 5.98. The Morgan fingerprint density at radius 1 is 1.09 bits per heavy atom. The Hall–Kier alpha value is -3.62. The van der Waals surface area contributed by atoms with Gasteiger partial charge in [-0.25, -0.2) is 9.97 Å². The summed E-state index contributed by atoms with van der Waals surface area (Å²) in [6, 6.07) is 12.0. The minimum absolute atomic E-state index is 0.0263. The maximum absolute atomic E-state index is 13.0. The minimum atomic E-state index is 0.0263. The largest absolute Gasteiger partial charge is 0.369 e. The van der Waals surface area contributed by atoms with E-state index in [1.165, 1.54) is 0 Å². The fourth-order valence-electron chi connectivity index (χ4n) is 4.24. The van der Waals surface area contributed by atoms with Crippen molar-refractivity contribution in [3.63, 3.8) is 0 Å². The molecule has 0 fully saturated rings. The molecule has 5 rings (SSSR count). The van der Waals surface area contributed by atoms with E-state index in [2.05, 4.69) is 53.3 Å². The van der Waals surface area contributed by atoms with E-state index in [4.69, 9.17) is 0 Å². The normalized spacial score (nSPS) is 13.3. The Labute approximate surface area is 199 Å². The van der Waals surface area contributed by atoms with Crippen molar-refractivity contribution in [2.75, 3.05) is 39.0 Å². The van der Waals surface area contributed by atoms with Crippen LogP contribution in [0, 0.1) is 0 Å². The van der Waals surface area contributed by atoms with E-state index in [1.54, 1.807) is 12.3 Å². The number of fused-ring (bicyclic) bond motifs is 2. The second kappa shape index (κ2) is 9.70. The van der Waals surface area contributed by atoms with Crippen molar-refractivity contribution in [3.05, 3.63) is 72.1 Å². The molecule has 0 radical (unpaired) electrons. The summed E-state index contributed by atoms with van der Waals surface area (Å²) >= 11 is 0. The number of likely N-dealkylation sites (N-methyl/N-ethyl adjacent to an activating group) is 1. The summed E-state index contributed by atoms with van der Waals surface area (Å²) in [6.45, 7) is 4.31. The number of anilines is 1. The van der Waals surface area contributed by atoms with Gasteiger partial charge >= 0.3 is 0 Å². The van der Waals surface area contributed by atoms with Gasteiger partial charge in [0.05, 0.1) is 24.9 Å². The van der Waals surface area contributed by atoms with Crippen LogP contribution in [0.2, 0.25) is 0 Å². The van der Waals surface area contributed by atoms with Crippen LogP contribution < -0.4 is 10.6 Å². The summed E-state index contributed by atoms with van der Waals surface area (Å²) in [7, 11) is 4.05. The number of rotatable bonds is 8. The van der Waals surface area contributed by atoms with Gasteiger partial charge in [-0.05, 0) is 43.7 Å². The molecule has 3 aromatic heterocycles. The molecule has 0 saturated carbocycles. The summed E-state index contributed by atoms with van der Waals surface area (Å²) in [5.41, 5.74) is 3.64. The van der Waals surface area contributed by atoms with E-state index in [-0.39, 0.29) is 12.2 Å². The van der Waals surface area contributed by atoms with Crippen molar-refractivity contribution in [1.29, 1.82) is 0 Å². The zero-order valence-electron chi connectivity index (χ0n) is 19.6. The van der Waals surface area contributed by atoms with Gasteiger partial charge in [0.25, 0.3) is 0 Å². The molecule has 2 N–H and O–H groups in total. The molecule has 0 spiro atoms. The van der Waals surface area contributed by atoms with Gasteiger partial charge in [0.2, 0.25) is 0 Å². The number of hydrogen-bond acceptors (Lipinski definition) is 7. The number of nitrogens with one attached hydrogen (secondary N) is 2. The molecule has 0 unspecified atom stereocenters. The molecule has 4 heterocycles. The fourth-order valence-corrected chi connectivity index (χ4v) is 4.24. The van der Waals surface area contributed by atoms with Crippen molar-refractivity contribution >= 4 is 22.4 Å². The Balaban J connectivity index is 1.34. The van der Waals surface area contributed by atoms with Crippen LogP contribution in [0.4, 0.5) is 5.82 Å². The number of pyridine rings is 2. The van der Waals surface area contributed by atoms with Gasteiger partial charge in [-0.15, -0.1) is 0 Å². The number of hydrogen-bond donors (Lipinski definition) is 2. The van der Waals surface area contributed by atoms with Crippen LogP contribution in [0.15, 0.2) is 55.0 Å². The maximum atomic E-state index is 13.0. The van der Waals surface area contributed by atoms with Gasteiger partial charge in [-0.1, -0.05) is 12.1 Å². The van der Waals surface area contributed by atoms with E-state index >= 15 is 0 Å². The number of nitrogens with zero attached hydrogens (tertiary/aromatic N) is 5. The topological polar surface area (TPSA) is 88.0 Å². The van der Waals surface area contributed by atoms with Crippen LogP contribution in [-0.2, 0) is 19.5 Å². The minimum Gasteiger partial charge on any atom is -0.369 e. The first-order valence-electron chi connectivity index (χ1n) is 11.6. The second-order valence-electron chi connectivity index (χ2n) is 8.89. The highest BCUT2D eigenvalue weighted by atomic mass is 16.1. The number of carbonyl (C=O) groups is 1. The van der Waals surface area contributed by atoms with Crippen molar-refractivity contribution < 1.29 is 4.79 Å². The third-order valence-corrected chi connectivity index (χ3v) is 6.10. The third-order valence-electron chi connectivity index (χ3n) is 6.10. The van der Waals surface area contributed by atoms with Gasteiger partial charge in [-0.2, -0.15) is 0 Å². The summed E-state index contributed by atoms with van der Waals surface area (Å²) in [6.07, 6.45) is 5.71. The van der Waals surface area contributed by atoms with Crippen molar-refractivity contribution in [2.45, 2.75) is 19.5 Å². The molecule has 1 aromatic carbocycles. The number of aromatic nitrogens is 4. The smallest absolute Gasteiger partial charge is 0.169 e. The van der Waals surface area contributed by atoms with Gasteiger partial charge in [0, 0.05) is 60.8 Å². The molecule has 0 bridgehead atoms. The van der Waals surface area contributed by atoms with Crippen molar-refractivity contribution in [3.8, 4) is 11.3 Å². The average Bonchev–Trinajstić information content (AvgIpc) is 3.28. The fraction of sp³-hybridized carbons (Fsp3) is 0.308. The number of Topliss-reactive ketones (excluding diaryl/α,β-unsaturated/α-hetero) is 1. The predicted molar refractivity (Wildman–Crippen MR) is 134 cm³/mol. The molecule has 1 aliphatic rings. The van der Waals surface area contributed by atoms with Crippen LogP contribution in [0.5, 0.6) is 0 Å². The highest BCUT2D eigenvalue weighted by Crippen LogP contribution is 2.26. The van der Waals surface area contributed by atoms with E-state index < -0.39 is 0 Å². The van der Waals surface area contributed by atoms with Crippen molar-refractivity contribution in [1.82, 2.24) is 29.7 Å². The number of imidazole rings is 1. The van der Waals surface area contributed by atoms with Crippen LogP contribution in [0.25, 0.3) is 22.0 Å². The lowest BCUT2D eigenvalue weighted by atomic mass is 10.0. The quantitative estimate of drug-likeness (QED) is 0.395. The molecule has 8 nitrogen and oxygen atoms in total. The molecule has 34 heavy (non-hydrogen) atoms. The molecule has 174 valence electrons. The van der Waals surface area contributed by atoms with E-state index in [9.17, 15) is 4.79 Å². The second-order valence-corrected chi connectivity index (χ2v) is 8.89. The first-order chi connectivity index (χ1) is 16.6. The molecule has 0 saturated heterocycles. The van der Waals surface area contributed by atoms with E-state index in [0.717, 1.165) is 66.3 Å². The van der Waals surface area contributed by atoms with E-state index in [0.29, 0.717) is 11.4 Å². The Bertz CT molecular complexity index is 1330. The molecule has 0 atom stereocenters. The Morgan fingerprint density at radius 3 is 2.88 bits per heavy atom. The van der Waals surface area contributed by atoms with Crippen LogP contribution in [0.3, 0.4) is 0 Å². The summed E-state index contributed by atoms with van der Waals surface area (Å²) in [4.78, 5) is 28.5. The first kappa shape index (κ1) is 22.2. The predicted octanol–water partition coefficient (Wildman–Crippen LogP) is 3.00.